The topological polar surface area (TPSA) is 0 Å². The van der Waals surface area contributed by atoms with Crippen LogP contribution in [0.15, 0.2) is 23.8 Å². The highest BCUT2D eigenvalue weighted by molar-refractivity contribution is 5.37. The van der Waals surface area contributed by atoms with Gasteiger partial charge in [-0.25, -0.2) is 0 Å². The van der Waals surface area contributed by atoms with Crippen molar-refractivity contribution in [2.24, 2.45) is 17.8 Å². The number of hydrogen-bond acceptors (Lipinski definition) is 0. The van der Waals surface area contributed by atoms with Crippen molar-refractivity contribution in [3.05, 3.63) is 23.8 Å². The maximum Gasteiger partial charge on any atom is 0.00428 e. The van der Waals surface area contributed by atoms with Gasteiger partial charge < -0.3 is 0 Å². The van der Waals surface area contributed by atoms with Crippen LogP contribution in [0.25, 0.3) is 0 Å². The van der Waals surface area contributed by atoms with E-state index in [2.05, 4.69) is 18.2 Å². The highest BCUT2D eigenvalue weighted by Gasteiger charge is 2.43. The van der Waals surface area contributed by atoms with Crippen LogP contribution in [0.3, 0.4) is 0 Å². The number of hydrogen-bond donors (Lipinski definition) is 0. The van der Waals surface area contributed by atoms with Gasteiger partial charge in [0.05, 0.1) is 0 Å². The Labute approximate surface area is 61.6 Å². The number of allylic oxidation sites excluding steroid dienone is 4. The molecule has 0 heteroatoms. The molecule has 4 aliphatic carbocycles. The summed E-state index contributed by atoms with van der Waals surface area (Å²) in [7, 11) is 0. The standard InChI is InChI=1S/C10H12/c1-2-4-9-8-5-7(3-1)10(9)6-8/h2,4,6-9H,1,3,5H2. The van der Waals surface area contributed by atoms with Crippen LogP contribution in [0.2, 0.25) is 0 Å². The summed E-state index contributed by atoms with van der Waals surface area (Å²) in [5, 5.41) is 0. The first-order chi connectivity index (χ1) is 4.95. The Hall–Kier alpha value is -0.520. The second-order valence-electron chi connectivity index (χ2n) is 3.79. The number of rotatable bonds is 0. The molecule has 10 heavy (non-hydrogen) atoms. The molecule has 0 aromatic heterocycles. The van der Waals surface area contributed by atoms with Crippen molar-refractivity contribution >= 4 is 0 Å². The molecule has 0 aromatic rings. The van der Waals surface area contributed by atoms with Crippen LogP contribution >= 0.6 is 0 Å². The molecule has 0 saturated heterocycles. The quantitative estimate of drug-likeness (QED) is 0.444. The van der Waals surface area contributed by atoms with Crippen LogP contribution in [-0.4, -0.2) is 0 Å². The molecule has 0 heterocycles. The molecule has 4 aliphatic rings. The third kappa shape index (κ3) is 0.448. The van der Waals surface area contributed by atoms with Crippen molar-refractivity contribution < 1.29 is 0 Å². The van der Waals surface area contributed by atoms with E-state index >= 15 is 0 Å². The van der Waals surface area contributed by atoms with Crippen molar-refractivity contribution in [2.45, 2.75) is 19.3 Å². The van der Waals surface area contributed by atoms with Gasteiger partial charge in [0, 0.05) is 5.92 Å². The van der Waals surface area contributed by atoms with Crippen LogP contribution in [-0.2, 0) is 0 Å². The lowest BCUT2D eigenvalue weighted by Crippen LogP contribution is -2.13. The Morgan fingerprint density at radius 1 is 1.40 bits per heavy atom. The molecule has 0 aromatic carbocycles. The molecular weight excluding hydrogens is 120 g/mol. The Morgan fingerprint density at radius 3 is 3.40 bits per heavy atom. The van der Waals surface area contributed by atoms with Crippen LogP contribution in [0.5, 0.6) is 0 Å². The predicted molar refractivity (Wildman–Crippen MR) is 41.5 cm³/mol. The lowest BCUT2D eigenvalue weighted by atomic mass is 9.82. The fourth-order valence-electron chi connectivity index (χ4n) is 2.76. The van der Waals surface area contributed by atoms with Gasteiger partial charge in [0.25, 0.3) is 0 Å². The molecule has 4 bridgehead atoms. The second-order valence-corrected chi connectivity index (χ2v) is 3.79. The van der Waals surface area contributed by atoms with Crippen LogP contribution in [0, 0.1) is 17.8 Å². The van der Waals surface area contributed by atoms with Crippen molar-refractivity contribution in [1.82, 2.24) is 0 Å². The first kappa shape index (κ1) is 5.17. The minimum atomic E-state index is 0.896. The Balaban J connectivity index is 2.05. The fraction of sp³-hybridized carbons (Fsp3) is 0.600. The van der Waals surface area contributed by atoms with E-state index in [9.17, 15) is 0 Å². The Morgan fingerprint density at radius 2 is 2.40 bits per heavy atom. The van der Waals surface area contributed by atoms with Crippen molar-refractivity contribution in [3.63, 3.8) is 0 Å². The maximum absolute atomic E-state index is 2.50. The van der Waals surface area contributed by atoms with Gasteiger partial charge in [0.15, 0.2) is 0 Å². The maximum atomic E-state index is 2.50. The molecule has 4 rings (SSSR count). The SMILES string of the molecule is C1=CC2C3=CC2CC3CC1. The van der Waals surface area contributed by atoms with Crippen molar-refractivity contribution in [2.75, 3.05) is 0 Å². The molecule has 0 radical (unpaired) electrons. The molecule has 0 spiro atoms. The lowest BCUT2D eigenvalue weighted by Gasteiger charge is -2.23. The third-order valence-electron chi connectivity index (χ3n) is 3.31. The van der Waals surface area contributed by atoms with Crippen molar-refractivity contribution in [1.29, 1.82) is 0 Å². The highest BCUT2D eigenvalue weighted by Crippen LogP contribution is 2.54. The molecule has 3 unspecified atom stereocenters. The third-order valence-corrected chi connectivity index (χ3v) is 3.31. The van der Waals surface area contributed by atoms with Gasteiger partial charge >= 0.3 is 0 Å². The average molecular weight is 132 g/mol. The van der Waals surface area contributed by atoms with E-state index in [0.717, 1.165) is 17.8 Å². The van der Waals surface area contributed by atoms with E-state index in [1.54, 1.807) is 5.57 Å². The summed E-state index contributed by atoms with van der Waals surface area (Å²) in [6.45, 7) is 0. The molecule has 0 nitrogen and oxygen atoms in total. The summed E-state index contributed by atoms with van der Waals surface area (Å²) >= 11 is 0. The molecule has 0 aliphatic heterocycles. The zero-order chi connectivity index (χ0) is 6.55. The normalized spacial score (nSPS) is 48.0. The summed E-state index contributed by atoms with van der Waals surface area (Å²) in [6, 6.07) is 0. The van der Waals surface area contributed by atoms with E-state index < -0.39 is 0 Å². The van der Waals surface area contributed by atoms with Gasteiger partial charge in [0.1, 0.15) is 0 Å². The van der Waals surface area contributed by atoms with Gasteiger partial charge in [-0.05, 0) is 31.1 Å². The summed E-state index contributed by atoms with van der Waals surface area (Å²) in [5.74, 6) is 2.84. The highest BCUT2D eigenvalue weighted by atomic mass is 14.5. The zero-order valence-corrected chi connectivity index (χ0v) is 6.09. The van der Waals surface area contributed by atoms with Gasteiger partial charge in [-0.2, -0.15) is 0 Å². The molecular formula is C10H12. The zero-order valence-electron chi connectivity index (χ0n) is 6.09. The fourth-order valence-corrected chi connectivity index (χ4v) is 2.76. The average Bonchev–Trinajstić information content (AvgIpc) is 2.36. The molecule has 0 N–H and O–H groups in total. The molecule has 52 valence electrons. The predicted octanol–water partition coefficient (Wildman–Crippen LogP) is 2.53. The van der Waals surface area contributed by atoms with Gasteiger partial charge in [-0.15, -0.1) is 0 Å². The summed E-state index contributed by atoms with van der Waals surface area (Å²) in [5.41, 5.74) is 1.78. The summed E-state index contributed by atoms with van der Waals surface area (Å²) in [6.07, 6.45) is 11.5. The van der Waals surface area contributed by atoms with Gasteiger partial charge in [-0.1, -0.05) is 23.8 Å². The van der Waals surface area contributed by atoms with Gasteiger partial charge in [-0.3, -0.25) is 0 Å². The lowest BCUT2D eigenvalue weighted by molar-refractivity contribution is 0.521. The van der Waals surface area contributed by atoms with Crippen molar-refractivity contribution in [3.8, 4) is 0 Å². The molecule has 1 saturated carbocycles. The monoisotopic (exact) mass is 132 g/mol. The second kappa shape index (κ2) is 1.55. The first-order valence-electron chi connectivity index (χ1n) is 4.33. The minimum Gasteiger partial charge on any atom is -0.0879 e. The molecule has 0 amide bonds. The summed E-state index contributed by atoms with van der Waals surface area (Å²) in [4.78, 5) is 0. The first-order valence-corrected chi connectivity index (χ1v) is 4.33. The van der Waals surface area contributed by atoms with Gasteiger partial charge in [0.2, 0.25) is 0 Å². The van der Waals surface area contributed by atoms with E-state index in [-0.39, 0.29) is 0 Å². The smallest absolute Gasteiger partial charge is 0.00428 e. The minimum absolute atomic E-state index is 0.896. The van der Waals surface area contributed by atoms with E-state index in [4.69, 9.17) is 0 Å². The van der Waals surface area contributed by atoms with Crippen LogP contribution in [0.1, 0.15) is 19.3 Å². The van der Waals surface area contributed by atoms with E-state index in [0.29, 0.717) is 0 Å². The largest absolute Gasteiger partial charge is 0.0879 e. The van der Waals surface area contributed by atoms with Crippen LogP contribution in [0.4, 0.5) is 0 Å². The Bertz CT molecular complexity index is 222. The van der Waals surface area contributed by atoms with E-state index in [1.807, 2.05) is 0 Å². The van der Waals surface area contributed by atoms with Crippen LogP contribution < -0.4 is 0 Å². The molecule has 1 fully saturated rings. The van der Waals surface area contributed by atoms with E-state index in [1.165, 1.54) is 19.3 Å². The molecule has 3 atom stereocenters. The Kier molecular flexibility index (Phi) is 0.803. The summed E-state index contributed by atoms with van der Waals surface area (Å²) < 4.78 is 0.